The van der Waals surface area contributed by atoms with Gasteiger partial charge < -0.3 is 9.47 Å². The molecule has 2 aromatic heterocycles. The van der Waals surface area contributed by atoms with Gasteiger partial charge in [0.15, 0.2) is 5.78 Å². The number of hydrogen-bond donors (Lipinski definition) is 0. The van der Waals surface area contributed by atoms with Crippen molar-refractivity contribution < 1.29 is 23.5 Å². The third-order valence-electron chi connectivity index (χ3n) is 5.55. The van der Waals surface area contributed by atoms with Crippen molar-refractivity contribution in [2.45, 2.75) is 18.8 Å². The lowest BCUT2D eigenvalue weighted by atomic mass is 9.74. The Hall–Kier alpha value is -3.45. The summed E-state index contributed by atoms with van der Waals surface area (Å²) in [6.45, 7) is 2.33. The van der Waals surface area contributed by atoms with E-state index in [-0.39, 0.29) is 31.2 Å². The first kappa shape index (κ1) is 20.8. The number of aryl methyl sites for hydroxylation is 1. The highest BCUT2D eigenvalue weighted by molar-refractivity contribution is 5.97. The first-order valence-corrected chi connectivity index (χ1v) is 9.80. The number of pyridine rings is 2. The van der Waals surface area contributed by atoms with Crippen LogP contribution in [0.5, 0.6) is 0 Å². The number of nitrogens with zero attached hydrogens (tertiary/aromatic N) is 2. The standard InChI is InChI=1S/C24H21FN2O4/c1-15-9-19(23(29)30-2)20(12-26-15)21-8-5-17(11-27-21)24(13-31-14-24)22(28)10-16-3-6-18(25)7-4-16/h3-9,11-12H,10,13-14H2,1-2H3. The fourth-order valence-corrected chi connectivity index (χ4v) is 3.63. The number of benzene rings is 1. The van der Waals surface area contributed by atoms with E-state index in [9.17, 15) is 14.0 Å². The average molecular weight is 420 g/mol. The molecule has 0 atom stereocenters. The van der Waals surface area contributed by atoms with Gasteiger partial charge in [0.25, 0.3) is 0 Å². The molecule has 3 heterocycles. The molecule has 0 amide bonds. The fourth-order valence-electron chi connectivity index (χ4n) is 3.63. The molecule has 1 fully saturated rings. The van der Waals surface area contributed by atoms with E-state index < -0.39 is 11.4 Å². The minimum atomic E-state index is -0.781. The maximum absolute atomic E-state index is 13.2. The van der Waals surface area contributed by atoms with Crippen LogP contribution >= 0.6 is 0 Å². The molecule has 4 rings (SSSR count). The highest BCUT2D eigenvalue weighted by Crippen LogP contribution is 2.35. The number of ketones is 1. The zero-order valence-electron chi connectivity index (χ0n) is 17.2. The molecule has 158 valence electrons. The van der Waals surface area contributed by atoms with Crippen LogP contribution in [0, 0.1) is 12.7 Å². The van der Waals surface area contributed by atoms with Gasteiger partial charge in [-0.05, 0) is 42.3 Å². The van der Waals surface area contributed by atoms with Crippen molar-refractivity contribution in [3.8, 4) is 11.3 Å². The van der Waals surface area contributed by atoms with Crippen molar-refractivity contribution in [3.63, 3.8) is 0 Å². The SMILES string of the molecule is COC(=O)c1cc(C)ncc1-c1ccc(C2(C(=O)Cc3ccc(F)cc3)COC2)cn1. The van der Waals surface area contributed by atoms with E-state index in [1.165, 1.54) is 19.2 Å². The third-order valence-corrected chi connectivity index (χ3v) is 5.55. The molecule has 0 bridgehead atoms. The monoisotopic (exact) mass is 420 g/mol. The highest BCUT2D eigenvalue weighted by atomic mass is 19.1. The van der Waals surface area contributed by atoms with Gasteiger partial charge in [0.05, 0.1) is 31.6 Å². The molecule has 1 aliphatic rings. The van der Waals surface area contributed by atoms with Crippen LogP contribution in [0.15, 0.2) is 54.9 Å². The van der Waals surface area contributed by atoms with Crippen molar-refractivity contribution in [2.75, 3.05) is 20.3 Å². The Morgan fingerprint density at radius 3 is 2.42 bits per heavy atom. The first-order chi connectivity index (χ1) is 14.9. The second-order valence-corrected chi connectivity index (χ2v) is 7.60. The van der Waals surface area contributed by atoms with Crippen molar-refractivity contribution >= 4 is 11.8 Å². The predicted octanol–water partition coefficient (Wildman–Crippen LogP) is 3.46. The zero-order valence-corrected chi connectivity index (χ0v) is 17.2. The molecule has 0 unspecified atom stereocenters. The van der Waals surface area contributed by atoms with E-state index >= 15 is 0 Å². The number of carbonyl (C=O) groups is 2. The van der Waals surface area contributed by atoms with Gasteiger partial charge in [0.2, 0.25) is 0 Å². The zero-order chi connectivity index (χ0) is 22.0. The molecule has 1 saturated heterocycles. The van der Waals surface area contributed by atoms with Gasteiger partial charge in [-0.2, -0.15) is 0 Å². The molecule has 0 N–H and O–H groups in total. The minimum absolute atomic E-state index is 0.00726. The fraction of sp³-hybridized carbons (Fsp3) is 0.250. The van der Waals surface area contributed by atoms with Crippen LogP contribution in [0.3, 0.4) is 0 Å². The molecule has 31 heavy (non-hydrogen) atoms. The number of rotatable bonds is 6. The smallest absolute Gasteiger partial charge is 0.338 e. The highest BCUT2D eigenvalue weighted by Gasteiger charge is 2.47. The van der Waals surface area contributed by atoms with Crippen LogP contribution < -0.4 is 0 Å². The van der Waals surface area contributed by atoms with E-state index in [0.717, 1.165) is 11.1 Å². The Bertz CT molecular complexity index is 1120. The Kier molecular flexibility index (Phi) is 5.61. The van der Waals surface area contributed by atoms with E-state index in [4.69, 9.17) is 9.47 Å². The predicted molar refractivity (Wildman–Crippen MR) is 111 cm³/mol. The van der Waals surface area contributed by atoms with Gasteiger partial charge in [-0.1, -0.05) is 18.2 Å². The number of aromatic nitrogens is 2. The summed E-state index contributed by atoms with van der Waals surface area (Å²) in [7, 11) is 1.32. The van der Waals surface area contributed by atoms with Crippen molar-refractivity contribution in [3.05, 3.63) is 83.1 Å². The molecule has 7 heteroatoms. The lowest BCUT2D eigenvalue weighted by Gasteiger charge is -2.40. The topological polar surface area (TPSA) is 78.4 Å². The molecule has 0 saturated carbocycles. The van der Waals surface area contributed by atoms with Crippen LogP contribution in [0.25, 0.3) is 11.3 Å². The molecule has 0 spiro atoms. The molecule has 0 radical (unpaired) electrons. The minimum Gasteiger partial charge on any atom is -0.465 e. The van der Waals surface area contributed by atoms with Crippen LogP contribution in [-0.4, -0.2) is 42.0 Å². The summed E-state index contributed by atoms with van der Waals surface area (Å²) in [6, 6.07) is 11.2. The number of methoxy groups -OCH3 is 1. The number of hydrogen-bond acceptors (Lipinski definition) is 6. The molecular formula is C24H21FN2O4. The summed E-state index contributed by atoms with van der Waals surface area (Å²) in [6.07, 6.45) is 3.41. The van der Waals surface area contributed by atoms with Crippen LogP contribution in [0.2, 0.25) is 0 Å². The molecule has 3 aromatic rings. The molecule has 1 aliphatic heterocycles. The second kappa shape index (κ2) is 8.35. The maximum atomic E-state index is 13.2. The van der Waals surface area contributed by atoms with Crippen LogP contribution in [-0.2, 0) is 26.1 Å². The van der Waals surface area contributed by atoms with E-state index in [1.807, 2.05) is 6.07 Å². The van der Waals surface area contributed by atoms with E-state index in [1.54, 1.807) is 43.6 Å². The average Bonchev–Trinajstić information content (AvgIpc) is 2.74. The summed E-state index contributed by atoms with van der Waals surface area (Å²) in [5.74, 6) is -0.813. The van der Waals surface area contributed by atoms with Gasteiger partial charge in [-0.25, -0.2) is 9.18 Å². The Morgan fingerprint density at radius 2 is 1.84 bits per heavy atom. The molecule has 0 aliphatic carbocycles. The molecule has 1 aromatic carbocycles. The van der Waals surface area contributed by atoms with Crippen molar-refractivity contribution in [2.24, 2.45) is 0 Å². The number of carbonyl (C=O) groups excluding carboxylic acids is 2. The number of ether oxygens (including phenoxy) is 2. The number of esters is 1. The summed E-state index contributed by atoms with van der Waals surface area (Å²) in [5.41, 5.74) is 2.89. The first-order valence-electron chi connectivity index (χ1n) is 9.80. The van der Waals surface area contributed by atoms with Crippen LogP contribution in [0.1, 0.15) is 27.2 Å². The molecular weight excluding hydrogens is 399 g/mol. The summed E-state index contributed by atoms with van der Waals surface area (Å²) in [4.78, 5) is 34.0. The largest absolute Gasteiger partial charge is 0.465 e. The van der Waals surface area contributed by atoms with Gasteiger partial charge in [0, 0.05) is 30.1 Å². The Labute approximate surface area is 179 Å². The molecule has 6 nitrogen and oxygen atoms in total. The normalized spacial score (nSPS) is 14.5. The van der Waals surface area contributed by atoms with E-state index in [0.29, 0.717) is 22.5 Å². The lowest BCUT2D eigenvalue weighted by molar-refractivity contribution is -0.142. The summed E-state index contributed by atoms with van der Waals surface area (Å²) in [5, 5.41) is 0. The van der Waals surface area contributed by atoms with E-state index in [2.05, 4.69) is 9.97 Å². The number of halogens is 1. The van der Waals surface area contributed by atoms with Crippen LogP contribution in [0.4, 0.5) is 4.39 Å². The Balaban J connectivity index is 1.62. The van der Waals surface area contributed by atoms with Gasteiger partial charge in [-0.15, -0.1) is 0 Å². The lowest BCUT2D eigenvalue weighted by Crippen LogP contribution is -2.53. The maximum Gasteiger partial charge on any atom is 0.338 e. The quantitative estimate of drug-likeness (QED) is 0.569. The number of Topliss-reactive ketones (excluding diaryl/α,β-unsaturated/α-hetero) is 1. The van der Waals surface area contributed by atoms with Gasteiger partial charge in [-0.3, -0.25) is 14.8 Å². The van der Waals surface area contributed by atoms with Gasteiger partial charge >= 0.3 is 5.97 Å². The third kappa shape index (κ3) is 3.96. The summed E-state index contributed by atoms with van der Waals surface area (Å²) >= 11 is 0. The van der Waals surface area contributed by atoms with Crippen molar-refractivity contribution in [1.82, 2.24) is 9.97 Å². The Morgan fingerprint density at radius 1 is 1.10 bits per heavy atom. The second-order valence-electron chi connectivity index (χ2n) is 7.60. The van der Waals surface area contributed by atoms with Crippen molar-refractivity contribution in [1.29, 1.82) is 0 Å². The summed E-state index contributed by atoms with van der Waals surface area (Å²) < 4.78 is 23.4. The van der Waals surface area contributed by atoms with Gasteiger partial charge in [0.1, 0.15) is 11.2 Å².